The van der Waals surface area contributed by atoms with Crippen molar-refractivity contribution in [3.05, 3.63) is 53.3 Å². The lowest BCUT2D eigenvalue weighted by Gasteiger charge is -2.19. The first-order chi connectivity index (χ1) is 11.8. The lowest BCUT2D eigenvalue weighted by Crippen LogP contribution is -2.30. The van der Waals surface area contributed by atoms with Crippen molar-refractivity contribution in [2.45, 2.75) is 32.6 Å². The number of nitrogens with one attached hydrogen (secondary N) is 1. The molecule has 25 heavy (non-hydrogen) atoms. The molecule has 0 aliphatic rings. The molecule has 1 heterocycles. The van der Waals surface area contributed by atoms with E-state index < -0.39 is 10.0 Å². The minimum Gasteiger partial charge on any atom is -0.322 e. The summed E-state index contributed by atoms with van der Waals surface area (Å²) in [7, 11) is -3.58. The Hall–Kier alpha value is -2.25. The first-order valence-corrected chi connectivity index (χ1v) is 9.58. The van der Waals surface area contributed by atoms with E-state index in [-0.39, 0.29) is 10.8 Å². The third-order valence-electron chi connectivity index (χ3n) is 3.97. The van der Waals surface area contributed by atoms with Gasteiger partial charge in [-0.25, -0.2) is 8.42 Å². The van der Waals surface area contributed by atoms with Gasteiger partial charge < -0.3 is 5.32 Å². The van der Waals surface area contributed by atoms with E-state index >= 15 is 0 Å². The average Bonchev–Trinajstić information content (AvgIpc) is 2.58. The van der Waals surface area contributed by atoms with Gasteiger partial charge >= 0.3 is 0 Å². The second-order valence-electron chi connectivity index (χ2n) is 5.71. The molecular formula is C18H23N3O3S. The Kier molecular flexibility index (Phi) is 5.92. The maximum Gasteiger partial charge on any atom is 0.257 e. The largest absolute Gasteiger partial charge is 0.322 e. The molecule has 0 fully saturated rings. The highest BCUT2D eigenvalue weighted by Crippen LogP contribution is 2.23. The lowest BCUT2D eigenvalue weighted by atomic mass is 10.2. The number of amides is 1. The van der Waals surface area contributed by atoms with Gasteiger partial charge in [0.25, 0.3) is 5.91 Å². The zero-order valence-electron chi connectivity index (χ0n) is 14.9. The molecule has 0 aliphatic heterocycles. The molecule has 7 heteroatoms. The monoisotopic (exact) mass is 361 g/mol. The Morgan fingerprint density at radius 1 is 1.12 bits per heavy atom. The molecule has 0 unspecified atom stereocenters. The number of hydrogen-bond donors (Lipinski definition) is 1. The van der Waals surface area contributed by atoms with E-state index in [1.165, 1.54) is 16.6 Å². The van der Waals surface area contributed by atoms with E-state index in [1.807, 2.05) is 13.8 Å². The van der Waals surface area contributed by atoms with Crippen molar-refractivity contribution in [3.8, 4) is 0 Å². The van der Waals surface area contributed by atoms with Crippen LogP contribution < -0.4 is 5.32 Å². The third-order valence-corrected chi connectivity index (χ3v) is 6.02. The highest BCUT2D eigenvalue weighted by atomic mass is 32.2. The molecule has 0 saturated heterocycles. The first-order valence-electron chi connectivity index (χ1n) is 8.14. The quantitative estimate of drug-likeness (QED) is 0.858. The van der Waals surface area contributed by atoms with Crippen LogP contribution in [0.5, 0.6) is 0 Å². The number of rotatable bonds is 6. The highest BCUT2D eigenvalue weighted by Gasteiger charge is 2.22. The molecule has 0 bridgehead atoms. The molecule has 0 aliphatic carbocycles. The highest BCUT2D eigenvalue weighted by molar-refractivity contribution is 7.89. The van der Waals surface area contributed by atoms with Crippen LogP contribution in [0.2, 0.25) is 0 Å². The molecule has 0 saturated carbocycles. The molecule has 134 valence electrons. The van der Waals surface area contributed by atoms with Crippen molar-refractivity contribution >= 4 is 21.6 Å². The van der Waals surface area contributed by atoms with Crippen molar-refractivity contribution in [2.75, 3.05) is 18.4 Å². The number of aromatic nitrogens is 1. The van der Waals surface area contributed by atoms with Crippen molar-refractivity contribution < 1.29 is 13.2 Å². The second kappa shape index (κ2) is 7.76. The van der Waals surface area contributed by atoms with Gasteiger partial charge in [0, 0.05) is 30.7 Å². The molecule has 1 aromatic carbocycles. The van der Waals surface area contributed by atoms with E-state index in [0.717, 1.165) is 11.3 Å². The minimum absolute atomic E-state index is 0.166. The zero-order valence-corrected chi connectivity index (χ0v) is 15.7. The van der Waals surface area contributed by atoms with Gasteiger partial charge in [-0.1, -0.05) is 19.9 Å². The van der Waals surface area contributed by atoms with Crippen LogP contribution in [0.15, 0.2) is 41.4 Å². The fourth-order valence-corrected chi connectivity index (χ4v) is 3.89. The predicted octanol–water partition coefficient (Wildman–Crippen LogP) is 2.98. The van der Waals surface area contributed by atoms with Crippen LogP contribution in [0.1, 0.15) is 35.5 Å². The number of nitrogens with zero attached hydrogens (tertiary/aromatic N) is 2. The summed E-state index contributed by atoms with van der Waals surface area (Å²) in [6.07, 6.45) is 1.50. The Labute approximate surface area is 148 Å². The Bertz CT molecular complexity index is 858. The van der Waals surface area contributed by atoms with Crippen LogP contribution in [0.3, 0.4) is 0 Å². The van der Waals surface area contributed by atoms with Crippen LogP contribution in [0, 0.1) is 13.8 Å². The summed E-state index contributed by atoms with van der Waals surface area (Å²) in [4.78, 5) is 16.6. The van der Waals surface area contributed by atoms with Gasteiger partial charge in [-0.3, -0.25) is 9.78 Å². The van der Waals surface area contributed by atoms with E-state index in [9.17, 15) is 13.2 Å². The molecular weight excluding hydrogens is 338 g/mol. The van der Waals surface area contributed by atoms with Crippen LogP contribution in [0.25, 0.3) is 0 Å². The van der Waals surface area contributed by atoms with Crippen molar-refractivity contribution in [3.63, 3.8) is 0 Å². The molecule has 6 nitrogen and oxygen atoms in total. The molecule has 1 aromatic heterocycles. The number of sulfonamides is 1. The van der Waals surface area contributed by atoms with Crippen molar-refractivity contribution in [1.29, 1.82) is 0 Å². The smallest absolute Gasteiger partial charge is 0.257 e. The average molecular weight is 361 g/mol. The number of anilines is 1. The third kappa shape index (κ3) is 4.24. The zero-order chi connectivity index (χ0) is 18.6. The van der Waals surface area contributed by atoms with E-state index in [0.29, 0.717) is 24.3 Å². The summed E-state index contributed by atoms with van der Waals surface area (Å²) >= 11 is 0. The number of pyridine rings is 1. The fraction of sp³-hybridized carbons (Fsp3) is 0.333. The number of carbonyl (C=O) groups excluding carboxylic acids is 1. The first kappa shape index (κ1) is 19.1. The predicted molar refractivity (Wildman–Crippen MR) is 98.2 cm³/mol. The van der Waals surface area contributed by atoms with Crippen molar-refractivity contribution in [1.82, 2.24) is 9.29 Å². The summed E-state index contributed by atoms with van der Waals surface area (Å²) in [6.45, 7) is 8.03. The summed E-state index contributed by atoms with van der Waals surface area (Å²) in [6, 6.07) is 8.19. The number of aryl methyl sites for hydroxylation is 2. The standard InChI is InChI=1S/C18H23N3O3S/c1-5-21(6-2)25(23,24)16-10-7-13(3)17(11-16)20-18(22)15-9-8-14(4)19-12-15/h7-12H,5-6H2,1-4H3,(H,20,22). The fourth-order valence-electron chi connectivity index (χ4n) is 2.41. The van der Waals surface area contributed by atoms with Crippen LogP contribution in [-0.4, -0.2) is 36.7 Å². The lowest BCUT2D eigenvalue weighted by molar-refractivity contribution is 0.102. The van der Waals surface area contributed by atoms with Crippen molar-refractivity contribution in [2.24, 2.45) is 0 Å². The number of carbonyl (C=O) groups is 1. The number of hydrogen-bond acceptors (Lipinski definition) is 4. The summed E-state index contributed by atoms with van der Waals surface area (Å²) in [5, 5.41) is 2.77. The molecule has 1 N–H and O–H groups in total. The molecule has 0 atom stereocenters. The van der Waals surface area contributed by atoms with Crippen LogP contribution >= 0.6 is 0 Å². The molecule has 2 aromatic rings. The van der Waals surface area contributed by atoms with Gasteiger partial charge in [0.1, 0.15) is 0 Å². The Balaban J connectivity index is 2.33. The maximum absolute atomic E-state index is 12.7. The van der Waals surface area contributed by atoms with E-state index in [1.54, 1.807) is 38.1 Å². The summed E-state index contributed by atoms with van der Waals surface area (Å²) in [5.74, 6) is -0.326. The summed E-state index contributed by atoms with van der Waals surface area (Å²) < 4.78 is 26.7. The van der Waals surface area contributed by atoms with Crippen LogP contribution in [0.4, 0.5) is 5.69 Å². The minimum atomic E-state index is -3.58. The van der Waals surface area contributed by atoms with Crippen LogP contribution in [-0.2, 0) is 10.0 Å². The SMILES string of the molecule is CCN(CC)S(=O)(=O)c1ccc(C)c(NC(=O)c2ccc(C)nc2)c1. The van der Waals surface area contributed by atoms with Gasteiger partial charge in [0.15, 0.2) is 0 Å². The van der Waals surface area contributed by atoms with Gasteiger partial charge in [-0.15, -0.1) is 0 Å². The van der Waals surface area contributed by atoms with Gasteiger partial charge in [-0.05, 0) is 43.7 Å². The van der Waals surface area contributed by atoms with E-state index in [4.69, 9.17) is 0 Å². The Morgan fingerprint density at radius 3 is 2.36 bits per heavy atom. The molecule has 2 rings (SSSR count). The molecule has 1 amide bonds. The molecule has 0 radical (unpaired) electrons. The van der Waals surface area contributed by atoms with Gasteiger partial charge in [-0.2, -0.15) is 4.31 Å². The normalized spacial score (nSPS) is 11.6. The molecule has 0 spiro atoms. The Morgan fingerprint density at radius 2 is 1.80 bits per heavy atom. The second-order valence-corrected chi connectivity index (χ2v) is 7.65. The summed E-state index contributed by atoms with van der Waals surface area (Å²) in [5.41, 5.74) is 2.49. The van der Waals surface area contributed by atoms with Gasteiger partial charge in [0.05, 0.1) is 10.5 Å². The number of benzene rings is 1. The van der Waals surface area contributed by atoms with Gasteiger partial charge in [0.2, 0.25) is 10.0 Å². The topological polar surface area (TPSA) is 79.4 Å². The maximum atomic E-state index is 12.7. The van der Waals surface area contributed by atoms with E-state index in [2.05, 4.69) is 10.3 Å².